The van der Waals surface area contributed by atoms with Gasteiger partial charge in [-0.05, 0) is 90.0 Å². The lowest BCUT2D eigenvalue weighted by Gasteiger charge is -2.39. The summed E-state index contributed by atoms with van der Waals surface area (Å²) in [5.41, 5.74) is 11.7. The van der Waals surface area contributed by atoms with Crippen molar-refractivity contribution in [3.05, 3.63) is 235 Å². The quantitative estimate of drug-likeness (QED) is 0.167. The SMILES string of the molecule is c1ccc(-c2nc(-c3ccccc3)nc(-c3ccc(-c4ccc5c(c4)Oc4ccccc4C54c5ccccc5-c5cc6c7ccccc7c7ccccc7c6cc54)cc3)n2)cc1. The van der Waals surface area contributed by atoms with Crippen molar-refractivity contribution >= 4 is 32.3 Å². The van der Waals surface area contributed by atoms with Gasteiger partial charge in [-0.3, -0.25) is 0 Å². The first-order valence-electron chi connectivity index (χ1n) is 21.1. The molecule has 0 radical (unpaired) electrons. The molecule has 13 rings (SSSR count). The van der Waals surface area contributed by atoms with Gasteiger partial charge in [0.05, 0.1) is 5.41 Å². The zero-order valence-corrected chi connectivity index (χ0v) is 33.5. The van der Waals surface area contributed by atoms with Crippen LogP contribution < -0.4 is 4.74 Å². The molecule has 0 bridgehead atoms. The summed E-state index contributed by atoms with van der Waals surface area (Å²) in [6.45, 7) is 0. The van der Waals surface area contributed by atoms with Crippen LogP contribution in [0.25, 0.3) is 88.7 Å². The van der Waals surface area contributed by atoms with Crippen molar-refractivity contribution in [3.8, 4) is 67.9 Å². The monoisotopic (exact) mass is 789 g/mol. The highest BCUT2D eigenvalue weighted by Crippen LogP contribution is 2.63. The van der Waals surface area contributed by atoms with Crippen LogP contribution in [0.3, 0.4) is 0 Å². The van der Waals surface area contributed by atoms with Crippen molar-refractivity contribution in [1.29, 1.82) is 0 Å². The average molecular weight is 790 g/mol. The summed E-state index contributed by atoms with van der Waals surface area (Å²) < 4.78 is 6.95. The predicted molar refractivity (Wildman–Crippen MR) is 251 cm³/mol. The minimum atomic E-state index is -0.592. The normalized spacial score (nSPS) is 14.6. The summed E-state index contributed by atoms with van der Waals surface area (Å²) >= 11 is 0. The maximum Gasteiger partial charge on any atom is 0.164 e. The van der Waals surface area contributed by atoms with E-state index in [-0.39, 0.29) is 0 Å². The fourth-order valence-electron chi connectivity index (χ4n) is 10.2. The van der Waals surface area contributed by atoms with Crippen molar-refractivity contribution < 1.29 is 4.74 Å². The van der Waals surface area contributed by atoms with Gasteiger partial charge in [0.25, 0.3) is 0 Å². The predicted octanol–water partition coefficient (Wildman–Crippen LogP) is 14.5. The van der Waals surface area contributed by atoms with E-state index in [1.54, 1.807) is 0 Å². The molecule has 10 aromatic carbocycles. The van der Waals surface area contributed by atoms with E-state index in [4.69, 9.17) is 19.7 Å². The number of rotatable bonds is 4. The summed E-state index contributed by atoms with van der Waals surface area (Å²) in [4.78, 5) is 14.8. The Morgan fingerprint density at radius 3 is 1.35 bits per heavy atom. The minimum Gasteiger partial charge on any atom is -0.457 e. The standard InChI is InChI=1S/C58H35N3O/c1-3-15-37(16-4-1)55-59-56(38-17-5-2-6-18-38)61-57(60-55)39-29-27-36(28-30-39)40-31-32-51-54(33-40)62-53-26-14-13-25-50(53)58(51)49-24-12-11-23-45(49)48-34-46-43-21-9-7-19-41(43)42-20-8-10-22-44(42)47(46)35-52(48)58/h1-35H. The molecule has 2 heterocycles. The van der Waals surface area contributed by atoms with Crippen molar-refractivity contribution in [3.63, 3.8) is 0 Å². The van der Waals surface area contributed by atoms with Crippen molar-refractivity contribution in [1.82, 2.24) is 15.0 Å². The number of fused-ring (bicyclic) bond motifs is 15. The number of para-hydroxylation sites is 1. The van der Waals surface area contributed by atoms with Gasteiger partial charge >= 0.3 is 0 Å². The van der Waals surface area contributed by atoms with Crippen LogP contribution in [0.15, 0.2) is 212 Å². The largest absolute Gasteiger partial charge is 0.457 e. The zero-order valence-electron chi connectivity index (χ0n) is 33.5. The van der Waals surface area contributed by atoms with Crippen LogP contribution in [-0.2, 0) is 5.41 Å². The number of aromatic nitrogens is 3. The first kappa shape index (κ1) is 34.6. The summed E-state index contributed by atoms with van der Waals surface area (Å²) in [5, 5.41) is 7.62. The molecule has 4 heteroatoms. The molecule has 0 fully saturated rings. The first-order valence-corrected chi connectivity index (χ1v) is 21.1. The Labute approximate surface area is 358 Å². The second kappa shape index (κ2) is 13.4. The molecule has 4 nitrogen and oxygen atoms in total. The van der Waals surface area contributed by atoms with Crippen LogP contribution in [0.5, 0.6) is 11.5 Å². The third kappa shape index (κ3) is 5.04. The van der Waals surface area contributed by atoms with Gasteiger partial charge in [-0.15, -0.1) is 0 Å². The van der Waals surface area contributed by atoms with Crippen LogP contribution >= 0.6 is 0 Å². The fourth-order valence-corrected chi connectivity index (χ4v) is 10.2. The fraction of sp³-hybridized carbons (Fsp3) is 0.0172. The van der Waals surface area contributed by atoms with Crippen LogP contribution in [0.4, 0.5) is 0 Å². The highest BCUT2D eigenvalue weighted by atomic mass is 16.5. The Morgan fingerprint density at radius 1 is 0.274 bits per heavy atom. The first-order chi connectivity index (χ1) is 30.7. The Kier molecular flexibility index (Phi) is 7.49. The lowest BCUT2D eigenvalue weighted by atomic mass is 9.65. The molecule has 288 valence electrons. The maximum absolute atomic E-state index is 6.95. The zero-order chi connectivity index (χ0) is 40.8. The topological polar surface area (TPSA) is 47.9 Å². The van der Waals surface area contributed by atoms with Gasteiger partial charge in [0.15, 0.2) is 17.5 Å². The maximum atomic E-state index is 6.95. The van der Waals surface area contributed by atoms with Gasteiger partial charge in [-0.25, -0.2) is 15.0 Å². The van der Waals surface area contributed by atoms with E-state index in [1.165, 1.54) is 54.6 Å². The van der Waals surface area contributed by atoms with Crippen molar-refractivity contribution in [2.24, 2.45) is 0 Å². The van der Waals surface area contributed by atoms with Gasteiger partial charge in [0.1, 0.15) is 11.5 Å². The molecule has 1 spiro atoms. The highest BCUT2D eigenvalue weighted by Gasteiger charge is 2.51. The summed E-state index contributed by atoms with van der Waals surface area (Å²) in [6, 6.07) is 75.7. The number of hydrogen-bond donors (Lipinski definition) is 0. The van der Waals surface area contributed by atoms with Crippen LogP contribution in [0, 0.1) is 0 Å². The smallest absolute Gasteiger partial charge is 0.164 e. The molecule has 11 aromatic rings. The van der Waals surface area contributed by atoms with Crippen molar-refractivity contribution in [2.45, 2.75) is 5.41 Å². The van der Waals surface area contributed by atoms with Gasteiger partial charge < -0.3 is 4.74 Å². The Bertz CT molecular complexity index is 3540. The molecule has 1 aromatic heterocycles. The summed E-state index contributed by atoms with van der Waals surface area (Å²) in [5.74, 6) is 3.64. The second-order valence-electron chi connectivity index (χ2n) is 16.3. The number of hydrogen-bond acceptors (Lipinski definition) is 4. The van der Waals surface area contributed by atoms with Gasteiger partial charge in [-0.2, -0.15) is 0 Å². The average Bonchev–Trinajstić information content (AvgIpc) is 3.63. The van der Waals surface area contributed by atoms with Gasteiger partial charge in [-0.1, -0.05) is 188 Å². The van der Waals surface area contributed by atoms with Crippen LogP contribution in [-0.4, -0.2) is 15.0 Å². The molecule has 0 amide bonds. The van der Waals surface area contributed by atoms with E-state index in [0.29, 0.717) is 17.5 Å². The van der Waals surface area contributed by atoms with Gasteiger partial charge in [0, 0.05) is 27.8 Å². The van der Waals surface area contributed by atoms with E-state index in [9.17, 15) is 0 Å². The number of nitrogens with zero attached hydrogens (tertiary/aromatic N) is 3. The van der Waals surface area contributed by atoms with Crippen LogP contribution in [0.2, 0.25) is 0 Å². The Balaban J connectivity index is 0.975. The van der Waals surface area contributed by atoms with E-state index >= 15 is 0 Å². The van der Waals surface area contributed by atoms with E-state index in [2.05, 4.69) is 152 Å². The lowest BCUT2D eigenvalue weighted by Crippen LogP contribution is -2.32. The molecule has 1 atom stereocenters. The minimum absolute atomic E-state index is 0.592. The molecular weight excluding hydrogens is 755 g/mol. The summed E-state index contributed by atoms with van der Waals surface area (Å²) in [6.07, 6.45) is 0. The van der Waals surface area contributed by atoms with Gasteiger partial charge in [0.2, 0.25) is 0 Å². The van der Waals surface area contributed by atoms with Crippen LogP contribution in [0.1, 0.15) is 22.3 Å². The second-order valence-corrected chi connectivity index (χ2v) is 16.3. The molecule has 1 aliphatic carbocycles. The highest BCUT2D eigenvalue weighted by molar-refractivity contribution is 6.26. The van der Waals surface area contributed by atoms with E-state index < -0.39 is 5.41 Å². The third-order valence-corrected chi connectivity index (χ3v) is 13.0. The molecule has 1 unspecified atom stereocenters. The molecule has 0 saturated heterocycles. The lowest BCUT2D eigenvalue weighted by molar-refractivity contribution is 0.436. The molecular formula is C58H35N3O. The molecule has 0 saturated carbocycles. The molecule has 62 heavy (non-hydrogen) atoms. The molecule has 2 aliphatic rings. The van der Waals surface area contributed by atoms with Crippen molar-refractivity contribution in [2.75, 3.05) is 0 Å². The number of benzene rings is 10. The summed E-state index contributed by atoms with van der Waals surface area (Å²) in [7, 11) is 0. The Morgan fingerprint density at radius 2 is 0.726 bits per heavy atom. The Hall–Kier alpha value is -8.21. The third-order valence-electron chi connectivity index (χ3n) is 13.0. The van der Waals surface area contributed by atoms with E-state index in [1.807, 2.05) is 60.7 Å². The molecule has 1 aliphatic heterocycles. The van der Waals surface area contributed by atoms with E-state index in [0.717, 1.165) is 50.4 Å². The molecule has 0 N–H and O–H groups in total. The number of ether oxygens (including phenoxy) is 1.